The van der Waals surface area contributed by atoms with Crippen molar-refractivity contribution in [1.29, 1.82) is 0 Å². The van der Waals surface area contributed by atoms with Crippen molar-refractivity contribution in [3.05, 3.63) is 89.1 Å². The molecule has 0 radical (unpaired) electrons. The van der Waals surface area contributed by atoms with Crippen molar-refractivity contribution in [1.82, 2.24) is 15.2 Å². The van der Waals surface area contributed by atoms with Crippen LogP contribution in [0.3, 0.4) is 0 Å². The highest BCUT2D eigenvalue weighted by Gasteiger charge is 2.34. The smallest absolute Gasteiger partial charge is 0.416 e. The third-order valence-corrected chi connectivity index (χ3v) is 5.64. The molecule has 0 aliphatic heterocycles. The number of carbonyl (C=O) groups excluding carboxylic acids is 1. The molecule has 5 nitrogen and oxygen atoms in total. The Morgan fingerprint density at radius 2 is 1.73 bits per heavy atom. The maximum absolute atomic E-state index is 13.6. The minimum atomic E-state index is -4.46. The lowest BCUT2D eigenvalue weighted by molar-refractivity contribution is -0.138. The lowest BCUT2D eigenvalue weighted by Crippen LogP contribution is -2.32. The van der Waals surface area contributed by atoms with Gasteiger partial charge in [-0.05, 0) is 37.5 Å². The number of carbonyl (C=O) groups is 1. The summed E-state index contributed by atoms with van der Waals surface area (Å²) in [6.07, 6.45) is -2.40. The molecule has 8 heteroatoms. The van der Waals surface area contributed by atoms with Crippen LogP contribution in [0.4, 0.5) is 13.2 Å². The molecule has 0 unspecified atom stereocenters. The average Bonchev–Trinajstić information content (AvgIpc) is 3.27. The average molecular weight is 460 g/mol. The Morgan fingerprint density at radius 3 is 2.39 bits per heavy atom. The number of hydrogen-bond acceptors (Lipinski definition) is 4. The summed E-state index contributed by atoms with van der Waals surface area (Å²) in [5, 5.41) is 2.82. The van der Waals surface area contributed by atoms with Gasteiger partial charge >= 0.3 is 6.18 Å². The van der Waals surface area contributed by atoms with E-state index >= 15 is 0 Å². The molecule has 0 bridgehead atoms. The molecule has 0 spiro atoms. The normalized spacial score (nSPS) is 13.7. The third kappa shape index (κ3) is 6.44. The fourth-order valence-corrected chi connectivity index (χ4v) is 3.49. The lowest BCUT2D eigenvalue weighted by Gasteiger charge is -2.29. The number of hydrogen-bond donors (Lipinski definition) is 1. The molecule has 1 aromatic heterocycles. The van der Waals surface area contributed by atoms with Gasteiger partial charge in [0.2, 0.25) is 5.89 Å². The number of benzene rings is 2. The number of nitrogens with zero attached hydrogens (tertiary/aromatic N) is 2. The number of aromatic nitrogens is 1. The molecule has 0 saturated carbocycles. The maximum atomic E-state index is 13.6. The first kappa shape index (κ1) is 24.5. The highest BCUT2D eigenvalue weighted by molar-refractivity contribution is 5.92. The number of rotatable bonds is 9. The standard InChI is InChI=1S/C25H28F3N3O2/c1-4-17(2)29-24(32)22-16-33-23(30-22)15-31(18(3)19-10-6-5-7-11-19)14-20-12-8-9-13-21(20)25(26,27)28/h5-13,16-18H,4,14-15H2,1-3H3,(H,29,32)/t17-,18+/m1/s1. The van der Waals surface area contributed by atoms with Gasteiger partial charge in [0.25, 0.3) is 5.91 Å². The third-order valence-electron chi connectivity index (χ3n) is 5.64. The quantitative estimate of drug-likeness (QED) is 0.427. The van der Waals surface area contributed by atoms with E-state index in [0.29, 0.717) is 0 Å². The van der Waals surface area contributed by atoms with Crippen LogP contribution in [0, 0.1) is 0 Å². The monoisotopic (exact) mass is 459 g/mol. The van der Waals surface area contributed by atoms with E-state index in [1.54, 1.807) is 6.07 Å². The van der Waals surface area contributed by atoms with E-state index in [-0.39, 0.29) is 48.2 Å². The van der Waals surface area contributed by atoms with Gasteiger partial charge in [0.15, 0.2) is 5.69 Å². The molecular formula is C25H28F3N3O2. The molecular weight excluding hydrogens is 431 g/mol. The second-order valence-corrected chi connectivity index (χ2v) is 8.06. The Balaban J connectivity index is 1.87. The van der Waals surface area contributed by atoms with Gasteiger partial charge in [0, 0.05) is 18.6 Å². The van der Waals surface area contributed by atoms with E-state index in [1.165, 1.54) is 18.4 Å². The molecule has 3 rings (SSSR count). The molecule has 176 valence electrons. The van der Waals surface area contributed by atoms with E-state index in [9.17, 15) is 18.0 Å². The predicted molar refractivity (Wildman–Crippen MR) is 119 cm³/mol. The van der Waals surface area contributed by atoms with Crippen molar-refractivity contribution >= 4 is 5.91 Å². The number of oxazole rings is 1. The van der Waals surface area contributed by atoms with Gasteiger partial charge < -0.3 is 9.73 Å². The van der Waals surface area contributed by atoms with Crippen LogP contribution in [-0.2, 0) is 19.3 Å². The first-order chi connectivity index (χ1) is 15.7. The summed E-state index contributed by atoms with van der Waals surface area (Å²) in [6, 6.07) is 14.8. The molecule has 0 aliphatic rings. The number of alkyl halides is 3. The van der Waals surface area contributed by atoms with Gasteiger partial charge in [-0.1, -0.05) is 55.5 Å². The molecule has 0 saturated heterocycles. The minimum Gasteiger partial charge on any atom is -0.447 e. The fourth-order valence-electron chi connectivity index (χ4n) is 3.49. The zero-order valence-electron chi connectivity index (χ0n) is 18.9. The molecule has 2 aromatic carbocycles. The number of halogens is 3. The Kier molecular flexibility index (Phi) is 7.92. The second kappa shape index (κ2) is 10.7. The molecule has 2 atom stereocenters. The topological polar surface area (TPSA) is 58.4 Å². The van der Waals surface area contributed by atoms with Crippen LogP contribution in [-0.4, -0.2) is 21.8 Å². The van der Waals surface area contributed by atoms with Crippen LogP contribution in [0.1, 0.15) is 66.3 Å². The van der Waals surface area contributed by atoms with Crippen LogP contribution in [0.15, 0.2) is 65.3 Å². The highest BCUT2D eigenvalue weighted by Crippen LogP contribution is 2.34. The Bertz CT molecular complexity index is 1050. The Labute approximate surface area is 191 Å². The van der Waals surface area contributed by atoms with Crippen molar-refractivity contribution in [2.75, 3.05) is 0 Å². The first-order valence-corrected chi connectivity index (χ1v) is 10.9. The van der Waals surface area contributed by atoms with Crippen LogP contribution in [0.25, 0.3) is 0 Å². The number of amides is 1. The summed E-state index contributed by atoms with van der Waals surface area (Å²) in [5.41, 5.74) is 0.585. The van der Waals surface area contributed by atoms with Gasteiger partial charge in [0.05, 0.1) is 12.1 Å². The Morgan fingerprint density at radius 1 is 1.06 bits per heavy atom. The molecule has 3 aromatic rings. The zero-order chi connectivity index (χ0) is 24.0. The van der Waals surface area contributed by atoms with Crippen molar-refractivity contribution < 1.29 is 22.4 Å². The van der Waals surface area contributed by atoms with Gasteiger partial charge in [-0.15, -0.1) is 0 Å². The largest absolute Gasteiger partial charge is 0.447 e. The van der Waals surface area contributed by atoms with Crippen molar-refractivity contribution in [3.8, 4) is 0 Å². The van der Waals surface area contributed by atoms with Gasteiger partial charge in [0.1, 0.15) is 6.26 Å². The van der Waals surface area contributed by atoms with Crippen LogP contribution in [0.2, 0.25) is 0 Å². The van der Waals surface area contributed by atoms with Crippen LogP contribution >= 0.6 is 0 Å². The molecule has 1 N–H and O–H groups in total. The summed E-state index contributed by atoms with van der Waals surface area (Å²) in [6.45, 7) is 5.94. The van der Waals surface area contributed by atoms with Crippen molar-refractivity contribution in [2.45, 2.75) is 58.5 Å². The van der Waals surface area contributed by atoms with E-state index in [2.05, 4.69) is 10.3 Å². The first-order valence-electron chi connectivity index (χ1n) is 10.9. The van der Waals surface area contributed by atoms with Gasteiger partial charge in [-0.3, -0.25) is 9.69 Å². The van der Waals surface area contributed by atoms with E-state index in [0.717, 1.165) is 18.1 Å². The van der Waals surface area contributed by atoms with E-state index in [1.807, 2.05) is 56.0 Å². The molecule has 33 heavy (non-hydrogen) atoms. The lowest BCUT2D eigenvalue weighted by atomic mass is 10.0. The SMILES string of the molecule is CC[C@@H](C)NC(=O)c1coc(CN(Cc2ccccc2C(F)(F)F)[C@@H](C)c2ccccc2)n1. The summed E-state index contributed by atoms with van der Waals surface area (Å²) in [7, 11) is 0. The minimum absolute atomic E-state index is 0.00822. The molecule has 1 heterocycles. The summed E-state index contributed by atoms with van der Waals surface area (Å²) < 4.78 is 46.3. The van der Waals surface area contributed by atoms with Crippen molar-refractivity contribution in [2.24, 2.45) is 0 Å². The Hall–Kier alpha value is -3.13. The fraction of sp³-hybridized carbons (Fsp3) is 0.360. The summed E-state index contributed by atoms with van der Waals surface area (Å²) in [5.74, 6) is -0.0824. The van der Waals surface area contributed by atoms with Gasteiger partial charge in [-0.25, -0.2) is 4.98 Å². The highest BCUT2D eigenvalue weighted by atomic mass is 19.4. The number of nitrogens with one attached hydrogen (secondary N) is 1. The second-order valence-electron chi connectivity index (χ2n) is 8.06. The van der Waals surface area contributed by atoms with Crippen molar-refractivity contribution in [3.63, 3.8) is 0 Å². The van der Waals surface area contributed by atoms with E-state index < -0.39 is 11.7 Å². The predicted octanol–water partition coefficient (Wildman–Crippen LogP) is 5.99. The van der Waals surface area contributed by atoms with Crippen LogP contribution in [0.5, 0.6) is 0 Å². The summed E-state index contributed by atoms with van der Waals surface area (Å²) in [4.78, 5) is 18.5. The van der Waals surface area contributed by atoms with E-state index in [4.69, 9.17) is 4.42 Å². The van der Waals surface area contributed by atoms with Gasteiger partial charge in [-0.2, -0.15) is 13.2 Å². The summed E-state index contributed by atoms with van der Waals surface area (Å²) >= 11 is 0. The zero-order valence-corrected chi connectivity index (χ0v) is 18.9. The molecule has 0 fully saturated rings. The molecule has 1 amide bonds. The maximum Gasteiger partial charge on any atom is 0.416 e. The molecule has 0 aliphatic carbocycles. The van der Waals surface area contributed by atoms with Crippen LogP contribution < -0.4 is 5.32 Å².